The minimum atomic E-state index is -1.63. The molecule has 2 aromatic carbocycles. The van der Waals surface area contributed by atoms with Crippen molar-refractivity contribution in [2.75, 3.05) is 5.32 Å². The van der Waals surface area contributed by atoms with E-state index in [4.69, 9.17) is 11.6 Å². The molecule has 0 atom stereocenters. The van der Waals surface area contributed by atoms with Crippen molar-refractivity contribution in [2.24, 2.45) is 0 Å². The van der Waals surface area contributed by atoms with Crippen LogP contribution in [0.4, 0.5) is 18.2 Å². The van der Waals surface area contributed by atoms with E-state index >= 15 is 0 Å². The topological polar surface area (TPSA) is 79.3 Å². The third-order valence-corrected chi connectivity index (χ3v) is 6.39. The predicted molar refractivity (Wildman–Crippen MR) is 109 cm³/mol. The normalized spacial score (nSPS) is 11.1. The lowest BCUT2D eigenvalue weighted by molar-refractivity contribution is 0.0699. The van der Waals surface area contributed by atoms with E-state index < -0.39 is 45.5 Å². The van der Waals surface area contributed by atoms with E-state index in [9.17, 15) is 27.9 Å². The molecule has 0 aliphatic rings. The fourth-order valence-corrected chi connectivity index (χ4v) is 4.70. The van der Waals surface area contributed by atoms with Crippen molar-refractivity contribution in [3.8, 4) is 11.1 Å². The number of carbonyl (C=O) groups is 2. The zero-order valence-corrected chi connectivity index (χ0v) is 16.9. The first kappa shape index (κ1) is 20.3. The lowest BCUT2D eigenvalue weighted by Gasteiger charge is -2.08. The van der Waals surface area contributed by atoms with Gasteiger partial charge in [0.1, 0.15) is 21.4 Å². The number of rotatable bonds is 4. The van der Waals surface area contributed by atoms with Crippen LogP contribution in [-0.2, 0) is 0 Å². The Bertz CT molecular complexity index is 1300. The number of halogens is 4. The number of thiophene rings is 1. The van der Waals surface area contributed by atoms with Gasteiger partial charge in [-0.05, 0) is 18.2 Å². The Morgan fingerprint density at radius 1 is 1.10 bits per heavy atom. The van der Waals surface area contributed by atoms with Crippen LogP contribution in [-0.4, -0.2) is 22.0 Å². The number of aromatic nitrogens is 1. The lowest BCUT2D eigenvalue weighted by atomic mass is 10.0. The molecule has 0 spiro atoms. The summed E-state index contributed by atoms with van der Waals surface area (Å²) >= 11 is 7.24. The van der Waals surface area contributed by atoms with Crippen LogP contribution in [0.25, 0.3) is 21.3 Å². The molecule has 11 heteroatoms. The van der Waals surface area contributed by atoms with Crippen LogP contribution in [0.15, 0.2) is 35.7 Å². The molecule has 0 unspecified atom stereocenters. The Kier molecular flexibility index (Phi) is 5.22. The third kappa shape index (κ3) is 3.42. The van der Waals surface area contributed by atoms with E-state index in [2.05, 4.69) is 10.3 Å². The number of carboxylic acid groups (broad SMARTS) is 1. The van der Waals surface area contributed by atoms with Gasteiger partial charge in [-0.3, -0.25) is 4.79 Å². The number of thiazole rings is 1. The summed E-state index contributed by atoms with van der Waals surface area (Å²) in [6.45, 7) is 0. The third-order valence-electron chi connectivity index (χ3n) is 4.11. The van der Waals surface area contributed by atoms with Gasteiger partial charge in [0.2, 0.25) is 0 Å². The Labute approximate surface area is 179 Å². The zero-order chi connectivity index (χ0) is 21.6. The molecule has 1 amide bonds. The first-order valence-electron chi connectivity index (χ1n) is 8.13. The average Bonchev–Trinajstić information content (AvgIpc) is 3.33. The molecule has 0 saturated carbocycles. The second kappa shape index (κ2) is 7.71. The summed E-state index contributed by atoms with van der Waals surface area (Å²) in [5.74, 6) is -6.55. The largest absolute Gasteiger partial charge is 0.478 e. The van der Waals surface area contributed by atoms with Crippen LogP contribution >= 0.6 is 34.3 Å². The monoisotopic (exact) mass is 468 g/mol. The Hall–Kier alpha value is -2.95. The fourth-order valence-electron chi connectivity index (χ4n) is 2.76. The quantitative estimate of drug-likeness (QED) is 0.282. The molecule has 0 saturated heterocycles. The van der Waals surface area contributed by atoms with Gasteiger partial charge in [-0.2, -0.15) is 0 Å². The standard InChI is InChI=1S/C19H8ClF3N2O3S2/c20-13-9(21)5-7(14(22)15(13)23)8-6-29-17(12(8)19(27)28)25-16(26)18-24-10-3-1-2-4-11(10)30-18/h1-6H,(H,25,26)(H,27,28). The van der Waals surface area contributed by atoms with Crippen LogP contribution in [0, 0.1) is 17.5 Å². The van der Waals surface area contributed by atoms with Gasteiger partial charge >= 0.3 is 5.97 Å². The molecule has 2 N–H and O–H groups in total. The number of carbonyl (C=O) groups excluding carboxylic acids is 1. The molecule has 4 aromatic rings. The highest BCUT2D eigenvalue weighted by atomic mass is 35.5. The number of nitrogens with zero attached hydrogens (tertiary/aromatic N) is 1. The van der Waals surface area contributed by atoms with Crippen molar-refractivity contribution >= 4 is 61.4 Å². The number of benzene rings is 2. The highest BCUT2D eigenvalue weighted by molar-refractivity contribution is 7.20. The summed E-state index contributed by atoms with van der Waals surface area (Å²) in [5, 5.41) is 12.1. The highest BCUT2D eigenvalue weighted by Crippen LogP contribution is 2.39. The number of aromatic carboxylic acids is 1. The van der Waals surface area contributed by atoms with E-state index in [1.165, 1.54) is 5.38 Å². The minimum Gasteiger partial charge on any atom is -0.478 e. The summed E-state index contributed by atoms with van der Waals surface area (Å²) < 4.78 is 42.7. The Morgan fingerprint density at radius 2 is 1.83 bits per heavy atom. The SMILES string of the molecule is O=C(Nc1scc(-c2cc(F)c(Cl)c(F)c2F)c1C(=O)O)c1nc2ccccc2s1. The number of carboxylic acids is 1. The van der Waals surface area contributed by atoms with Crippen LogP contribution in [0.3, 0.4) is 0 Å². The number of nitrogens with one attached hydrogen (secondary N) is 1. The molecular weight excluding hydrogens is 461 g/mol. The van der Waals surface area contributed by atoms with Crippen molar-refractivity contribution in [1.29, 1.82) is 0 Å². The van der Waals surface area contributed by atoms with Crippen LogP contribution in [0.1, 0.15) is 20.2 Å². The molecule has 0 radical (unpaired) electrons. The van der Waals surface area contributed by atoms with Gasteiger partial charge in [0.05, 0.1) is 10.2 Å². The van der Waals surface area contributed by atoms with Crippen LogP contribution in [0.5, 0.6) is 0 Å². The maximum absolute atomic E-state index is 14.3. The molecule has 2 aromatic heterocycles. The summed E-state index contributed by atoms with van der Waals surface area (Å²) in [6, 6.07) is 7.66. The molecule has 152 valence electrons. The number of amides is 1. The lowest BCUT2D eigenvalue weighted by Crippen LogP contribution is -2.13. The maximum atomic E-state index is 14.3. The van der Waals surface area contributed by atoms with Gasteiger partial charge < -0.3 is 10.4 Å². The van der Waals surface area contributed by atoms with E-state index in [1.807, 2.05) is 0 Å². The smallest absolute Gasteiger partial charge is 0.339 e. The van der Waals surface area contributed by atoms with E-state index in [0.717, 1.165) is 27.4 Å². The maximum Gasteiger partial charge on any atom is 0.339 e. The molecular formula is C19H8ClF3N2O3S2. The van der Waals surface area contributed by atoms with E-state index in [-0.39, 0.29) is 15.6 Å². The first-order valence-corrected chi connectivity index (χ1v) is 10.2. The second-order valence-corrected chi connectivity index (χ2v) is 8.24. The van der Waals surface area contributed by atoms with Crippen molar-refractivity contribution < 1.29 is 27.9 Å². The van der Waals surface area contributed by atoms with Crippen molar-refractivity contribution in [3.63, 3.8) is 0 Å². The van der Waals surface area contributed by atoms with Gasteiger partial charge in [0.25, 0.3) is 5.91 Å². The average molecular weight is 469 g/mol. The van der Waals surface area contributed by atoms with Gasteiger partial charge in [-0.25, -0.2) is 22.9 Å². The van der Waals surface area contributed by atoms with Gasteiger partial charge in [0, 0.05) is 16.5 Å². The highest BCUT2D eigenvalue weighted by Gasteiger charge is 2.27. The number of para-hydroxylation sites is 1. The fraction of sp³-hybridized carbons (Fsp3) is 0. The molecule has 0 bridgehead atoms. The van der Waals surface area contributed by atoms with Gasteiger partial charge in [-0.15, -0.1) is 22.7 Å². The van der Waals surface area contributed by atoms with Crippen molar-refractivity contribution in [1.82, 2.24) is 4.98 Å². The number of hydrogen-bond donors (Lipinski definition) is 2. The minimum absolute atomic E-state index is 0.0947. The molecule has 0 aliphatic carbocycles. The molecule has 0 aliphatic heterocycles. The summed E-state index contributed by atoms with van der Waals surface area (Å²) in [4.78, 5) is 28.5. The molecule has 5 nitrogen and oxygen atoms in total. The number of fused-ring (bicyclic) bond motifs is 1. The zero-order valence-electron chi connectivity index (χ0n) is 14.5. The van der Waals surface area contributed by atoms with Crippen LogP contribution < -0.4 is 5.32 Å². The molecule has 30 heavy (non-hydrogen) atoms. The number of hydrogen-bond acceptors (Lipinski definition) is 5. The molecule has 0 fully saturated rings. The summed E-state index contributed by atoms with van der Waals surface area (Å²) in [6.07, 6.45) is 0. The molecule has 2 heterocycles. The van der Waals surface area contributed by atoms with E-state index in [1.54, 1.807) is 24.3 Å². The first-order chi connectivity index (χ1) is 14.3. The van der Waals surface area contributed by atoms with Gasteiger partial charge in [0.15, 0.2) is 16.6 Å². The van der Waals surface area contributed by atoms with Crippen LogP contribution in [0.2, 0.25) is 5.02 Å². The summed E-state index contributed by atoms with van der Waals surface area (Å²) in [7, 11) is 0. The Balaban J connectivity index is 1.75. The second-order valence-electron chi connectivity index (χ2n) is 5.95. The Morgan fingerprint density at radius 3 is 2.53 bits per heavy atom. The van der Waals surface area contributed by atoms with Crippen molar-refractivity contribution in [2.45, 2.75) is 0 Å². The molecule has 4 rings (SSSR count). The number of anilines is 1. The predicted octanol–water partition coefficient (Wildman–Crippen LogP) is 6.05. The van der Waals surface area contributed by atoms with Crippen molar-refractivity contribution in [3.05, 3.63) is 68.8 Å². The van der Waals surface area contributed by atoms with Gasteiger partial charge in [-0.1, -0.05) is 23.7 Å². The van der Waals surface area contributed by atoms with E-state index in [0.29, 0.717) is 11.6 Å². The summed E-state index contributed by atoms with van der Waals surface area (Å²) in [5.41, 5.74) is -0.816.